The SMILES string of the molecule is CSCCn1cnc(CO)c1. The van der Waals surface area contributed by atoms with Gasteiger partial charge in [0, 0.05) is 18.5 Å². The zero-order valence-corrected chi connectivity index (χ0v) is 7.34. The maximum absolute atomic E-state index is 8.70. The van der Waals surface area contributed by atoms with E-state index < -0.39 is 0 Å². The van der Waals surface area contributed by atoms with E-state index in [0.29, 0.717) is 0 Å². The summed E-state index contributed by atoms with van der Waals surface area (Å²) >= 11 is 1.80. The van der Waals surface area contributed by atoms with Gasteiger partial charge in [-0.2, -0.15) is 11.8 Å². The van der Waals surface area contributed by atoms with Crippen LogP contribution in [0, 0.1) is 0 Å². The van der Waals surface area contributed by atoms with Gasteiger partial charge in [0.25, 0.3) is 0 Å². The maximum Gasteiger partial charge on any atom is 0.0950 e. The van der Waals surface area contributed by atoms with E-state index in [-0.39, 0.29) is 6.61 Å². The Kier molecular flexibility index (Phi) is 3.45. The first-order chi connectivity index (χ1) is 5.36. The number of thioether (sulfide) groups is 1. The van der Waals surface area contributed by atoms with Gasteiger partial charge < -0.3 is 9.67 Å². The number of hydrogen-bond acceptors (Lipinski definition) is 3. The Labute approximate surface area is 70.4 Å². The third kappa shape index (κ3) is 2.55. The summed E-state index contributed by atoms with van der Waals surface area (Å²) in [7, 11) is 0. The van der Waals surface area contributed by atoms with E-state index >= 15 is 0 Å². The van der Waals surface area contributed by atoms with E-state index in [1.165, 1.54) is 0 Å². The fraction of sp³-hybridized carbons (Fsp3) is 0.571. The topological polar surface area (TPSA) is 38.0 Å². The highest BCUT2D eigenvalue weighted by molar-refractivity contribution is 7.98. The van der Waals surface area contributed by atoms with E-state index in [1.54, 1.807) is 18.1 Å². The van der Waals surface area contributed by atoms with Crippen molar-refractivity contribution < 1.29 is 5.11 Å². The molecule has 0 aliphatic rings. The minimum absolute atomic E-state index is 0.0340. The Morgan fingerprint density at radius 3 is 3.09 bits per heavy atom. The lowest BCUT2D eigenvalue weighted by atomic mass is 10.5. The van der Waals surface area contributed by atoms with Gasteiger partial charge in [-0.3, -0.25) is 0 Å². The zero-order valence-electron chi connectivity index (χ0n) is 6.53. The zero-order chi connectivity index (χ0) is 8.10. The van der Waals surface area contributed by atoms with Crippen LogP contribution in [0.25, 0.3) is 0 Å². The Morgan fingerprint density at radius 2 is 2.55 bits per heavy atom. The summed E-state index contributed by atoms with van der Waals surface area (Å²) in [5, 5.41) is 8.70. The monoisotopic (exact) mass is 172 g/mol. The van der Waals surface area contributed by atoms with Crippen molar-refractivity contribution in [3.8, 4) is 0 Å². The molecule has 0 bridgehead atoms. The van der Waals surface area contributed by atoms with Gasteiger partial charge in [0.05, 0.1) is 18.6 Å². The highest BCUT2D eigenvalue weighted by Crippen LogP contribution is 1.98. The molecule has 0 saturated heterocycles. The molecule has 0 spiro atoms. The molecule has 3 nitrogen and oxygen atoms in total. The molecule has 0 saturated carbocycles. The standard InChI is InChI=1S/C7H12N2OS/c1-11-3-2-9-4-7(5-10)8-6-9/h4,6,10H,2-3,5H2,1H3. The second kappa shape index (κ2) is 4.41. The summed E-state index contributed by atoms with van der Waals surface area (Å²) in [4.78, 5) is 3.99. The molecule has 1 rings (SSSR count). The van der Waals surface area contributed by atoms with E-state index in [4.69, 9.17) is 5.11 Å². The lowest BCUT2D eigenvalue weighted by molar-refractivity contribution is 0.277. The van der Waals surface area contributed by atoms with Gasteiger partial charge in [-0.25, -0.2) is 4.98 Å². The van der Waals surface area contributed by atoms with Gasteiger partial charge in [0.2, 0.25) is 0 Å². The summed E-state index contributed by atoms with van der Waals surface area (Å²) in [6.07, 6.45) is 5.70. The van der Waals surface area contributed by atoms with Crippen molar-refractivity contribution in [2.75, 3.05) is 12.0 Å². The summed E-state index contributed by atoms with van der Waals surface area (Å²) < 4.78 is 1.99. The van der Waals surface area contributed by atoms with Crippen LogP contribution < -0.4 is 0 Å². The molecule has 4 heteroatoms. The Bertz CT molecular complexity index is 212. The van der Waals surface area contributed by atoms with E-state index in [1.807, 2.05) is 10.8 Å². The molecule has 0 fully saturated rings. The van der Waals surface area contributed by atoms with Crippen LogP contribution in [0.5, 0.6) is 0 Å². The fourth-order valence-corrected chi connectivity index (χ4v) is 1.20. The van der Waals surface area contributed by atoms with Crippen molar-refractivity contribution in [1.82, 2.24) is 9.55 Å². The molecule has 0 amide bonds. The molecule has 1 aromatic heterocycles. The Balaban J connectivity index is 2.44. The molecule has 0 aromatic carbocycles. The van der Waals surface area contributed by atoms with E-state index in [2.05, 4.69) is 11.2 Å². The van der Waals surface area contributed by atoms with Crippen LogP contribution in [0.4, 0.5) is 0 Å². The van der Waals surface area contributed by atoms with Gasteiger partial charge in [-0.1, -0.05) is 0 Å². The van der Waals surface area contributed by atoms with Crippen molar-refractivity contribution in [3.05, 3.63) is 18.2 Å². The molecule has 1 N–H and O–H groups in total. The summed E-state index contributed by atoms with van der Waals surface area (Å²) in [5.74, 6) is 1.08. The number of rotatable bonds is 4. The summed E-state index contributed by atoms with van der Waals surface area (Å²) in [5.41, 5.74) is 0.742. The first-order valence-electron chi connectivity index (χ1n) is 3.47. The molecule has 1 aromatic rings. The molecule has 0 unspecified atom stereocenters. The lowest BCUT2D eigenvalue weighted by Gasteiger charge is -1.96. The maximum atomic E-state index is 8.70. The number of aliphatic hydroxyl groups excluding tert-OH is 1. The largest absolute Gasteiger partial charge is 0.390 e. The number of aromatic nitrogens is 2. The number of aryl methyl sites for hydroxylation is 1. The molecular formula is C7H12N2OS. The minimum atomic E-state index is 0.0340. The van der Waals surface area contributed by atoms with Crippen molar-refractivity contribution in [2.24, 2.45) is 0 Å². The number of hydrogen-bond donors (Lipinski definition) is 1. The van der Waals surface area contributed by atoms with Gasteiger partial charge in [-0.05, 0) is 6.26 Å². The molecule has 62 valence electrons. The molecule has 1 heterocycles. The van der Waals surface area contributed by atoms with Crippen LogP contribution in [0.1, 0.15) is 5.69 Å². The number of nitrogens with zero attached hydrogens (tertiary/aromatic N) is 2. The number of imidazole rings is 1. The van der Waals surface area contributed by atoms with Crippen LogP contribution in [-0.2, 0) is 13.2 Å². The predicted octanol–water partition coefficient (Wildman–Crippen LogP) is 0.738. The Morgan fingerprint density at radius 1 is 1.73 bits per heavy atom. The summed E-state index contributed by atoms with van der Waals surface area (Å²) in [6, 6.07) is 0. The second-order valence-corrected chi connectivity index (χ2v) is 3.24. The average Bonchev–Trinajstić information content (AvgIpc) is 2.48. The van der Waals surface area contributed by atoms with Crippen molar-refractivity contribution in [3.63, 3.8) is 0 Å². The van der Waals surface area contributed by atoms with E-state index in [0.717, 1.165) is 18.0 Å². The van der Waals surface area contributed by atoms with Crippen LogP contribution >= 0.6 is 11.8 Å². The summed E-state index contributed by atoms with van der Waals surface area (Å²) in [6.45, 7) is 1.00. The highest BCUT2D eigenvalue weighted by Gasteiger charge is 1.94. The van der Waals surface area contributed by atoms with Crippen molar-refractivity contribution in [1.29, 1.82) is 0 Å². The van der Waals surface area contributed by atoms with E-state index in [9.17, 15) is 0 Å². The highest BCUT2D eigenvalue weighted by atomic mass is 32.2. The van der Waals surface area contributed by atoms with Crippen LogP contribution in [0.15, 0.2) is 12.5 Å². The molecular weight excluding hydrogens is 160 g/mol. The smallest absolute Gasteiger partial charge is 0.0950 e. The molecule has 0 aliphatic heterocycles. The van der Waals surface area contributed by atoms with Gasteiger partial charge >= 0.3 is 0 Å². The predicted molar refractivity (Wildman–Crippen MR) is 46.5 cm³/mol. The fourth-order valence-electron chi connectivity index (χ4n) is 0.807. The number of aliphatic hydroxyl groups is 1. The molecule has 0 atom stereocenters. The molecule has 11 heavy (non-hydrogen) atoms. The van der Waals surface area contributed by atoms with Crippen molar-refractivity contribution >= 4 is 11.8 Å². The van der Waals surface area contributed by atoms with Gasteiger partial charge in [0.15, 0.2) is 0 Å². The lowest BCUT2D eigenvalue weighted by Crippen LogP contribution is -1.96. The first-order valence-corrected chi connectivity index (χ1v) is 4.86. The normalized spacial score (nSPS) is 10.4. The molecule has 0 aliphatic carbocycles. The quantitative estimate of drug-likeness (QED) is 0.728. The van der Waals surface area contributed by atoms with Crippen LogP contribution in [0.3, 0.4) is 0 Å². The second-order valence-electron chi connectivity index (χ2n) is 2.25. The third-order valence-corrected chi connectivity index (χ3v) is 1.99. The molecule has 0 radical (unpaired) electrons. The Hall–Kier alpha value is -0.480. The van der Waals surface area contributed by atoms with Crippen LogP contribution in [0.2, 0.25) is 0 Å². The van der Waals surface area contributed by atoms with Gasteiger partial charge in [0.1, 0.15) is 0 Å². The third-order valence-electron chi connectivity index (χ3n) is 1.40. The average molecular weight is 172 g/mol. The van der Waals surface area contributed by atoms with Gasteiger partial charge in [-0.15, -0.1) is 0 Å². The van der Waals surface area contributed by atoms with Crippen molar-refractivity contribution in [2.45, 2.75) is 13.2 Å². The minimum Gasteiger partial charge on any atom is -0.390 e. The first kappa shape index (κ1) is 8.62. The van der Waals surface area contributed by atoms with Crippen LogP contribution in [-0.4, -0.2) is 26.7 Å².